The molecule has 1 N–H and O–H groups in total. The Balaban J connectivity index is 1.48. The Labute approximate surface area is 173 Å². The van der Waals surface area contributed by atoms with Crippen LogP contribution in [0.5, 0.6) is 5.75 Å². The van der Waals surface area contributed by atoms with Crippen molar-refractivity contribution in [2.24, 2.45) is 0 Å². The third kappa shape index (κ3) is 5.92. The normalized spacial score (nSPS) is 10.6. The first-order valence-corrected chi connectivity index (χ1v) is 10.0. The van der Waals surface area contributed by atoms with E-state index in [1.807, 2.05) is 38.1 Å². The van der Waals surface area contributed by atoms with Crippen molar-refractivity contribution in [3.63, 3.8) is 0 Å². The molecule has 0 spiro atoms. The van der Waals surface area contributed by atoms with Gasteiger partial charge in [0.25, 0.3) is 0 Å². The fraction of sp³-hybridized carbons (Fsp3) is 0.280. The lowest BCUT2D eigenvalue weighted by Crippen LogP contribution is -2.12. The number of nitrogens with zero attached hydrogens (tertiary/aromatic N) is 1. The Morgan fingerprint density at radius 2 is 1.66 bits per heavy atom. The summed E-state index contributed by atoms with van der Waals surface area (Å²) in [5.41, 5.74) is 6.38. The molecule has 4 heteroatoms. The van der Waals surface area contributed by atoms with E-state index in [1.54, 1.807) is 12.4 Å². The summed E-state index contributed by atoms with van der Waals surface area (Å²) in [4.78, 5) is 16.4. The van der Waals surface area contributed by atoms with Gasteiger partial charge in [-0.05, 0) is 85.7 Å². The van der Waals surface area contributed by atoms with Gasteiger partial charge in [0.05, 0.1) is 6.61 Å². The van der Waals surface area contributed by atoms with Crippen LogP contribution in [-0.4, -0.2) is 17.5 Å². The molecule has 0 bridgehead atoms. The molecule has 1 heterocycles. The number of anilines is 1. The van der Waals surface area contributed by atoms with E-state index in [0.29, 0.717) is 13.0 Å². The lowest BCUT2D eigenvalue weighted by atomic mass is 10.0. The molecule has 3 rings (SSSR count). The van der Waals surface area contributed by atoms with Gasteiger partial charge >= 0.3 is 0 Å². The highest BCUT2D eigenvalue weighted by molar-refractivity contribution is 5.92. The number of carbonyl (C=O) groups excluding carboxylic acids is 1. The number of ether oxygens (including phenoxy) is 1. The van der Waals surface area contributed by atoms with E-state index in [0.717, 1.165) is 46.5 Å². The minimum Gasteiger partial charge on any atom is -0.493 e. The average molecular weight is 389 g/mol. The van der Waals surface area contributed by atoms with Gasteiger partial charge in [-0.2, -0.15) is 0 Å². The zero-order valence-corrected chi connectivity index (χ0v) is 17.4. The van der Waals surface area contributed by atoms with Crippen molar-refractivity contribution in [3.8, 4) is 16.9 Å². The third-order valence-electron chi connectivity index (χ3n) is 4.92. The zero-order chi connectivity index (χ0) is 20.6. The van der Waals surface area contributed by atoms with Gasteiger partial charge in [-0.15, -0.1) is 0 Å². The second kappa shape index (κ2) is 9.87. The molecule has 0 aliphatic heterocycles. The Morgan fingerprint density at radius 1 is 0.897 bits per heavy atom. The van der Waals surface area contributed by atoms with Gasteiger partial charge in [-0.3, -0.25) is 9.78 Å². The molecule has 0 radical (unpaired) electrons. The lowest BCUT2D eigenvalue weighted by molar-refractivity contribution is -0.116. The van der Waals surface area contributed by atoms with Gasteiger partial charge in [0.15, 0.2) is 0 Å². The van der Waals surface area contributed by atoms with Crippen molar-refractivity contribution in [2.75, 3.05) is 11.9 Å². The molecular weight excluding hydrogens is 360 g/mol. The third-order valence-corrected chi connectivity index (χ3v) is 4.92. The van der Waals surface area contributed by atoms with Crippen LogP contribution in [0.2, 0.25) is 0 Å². The quantitative estimate of drug-likeness (QED) is 0.492. The van der Waals surface area contributed by atoms with Crippen molar-refractivity contribution in [1.29, 1.82) is 0 Å². The molecule has 0 fully saturated rings. The first kappa shape index (κ1) is 20.6. The van der Waals surface area contributed by atoms with Gasteiger partial charge in [0, 0.05) is 24.5 Å². The van der Waals surface area contributed by atoms with Gasteiger partial charge in [-0.1, -0.05) is 24.3 Å². The number of pyridine rings is 1. The molecule has 4 nitrogen and oxygen atoms in total. The van der Waals surface area contributed by atoms with Crippen molar-refractivity contribution < 1.29 is 9.53 Å². The molecule has 0 aliphatic carbocycles. The van der Waals surface area contributed by atoms with Crippen LogP contribution in [0.15, 0.2) is 60.9 Å². The summed E-state index contributed by atoms with van der Waals surface area (Å²) >= 11 is 0. The highest BCUT2D eigenvalue weighted by Crippen LogP contribution is 2.25. The standard InChI is InChI=1S/C25H28N2O2/c1-18-7-8-20(3)24(16-18)29-15-5-4-6-25(28)27-23-17-22(10-9-19(23)2)21-11-13-26-14-12-21/h7-14,16-17H,4-6,15H2,1-3H3,(H,27,28). The largest absolute Gasteiger partial charge is 0.493 e. The molecule has 1 aromatic heterocycles. The molecule has 3 aromatic rings. The number of carbonyl (C=O) groups is 1. The molecular formula is C25H28N2O2. The van der Waals surface area contributed by atoms with Crippen molar-refractivity contribution in [3.05, 3.63) is 77.6 Å². The molecule has 0 aliphatic rings. The number of benzene rings is 2. The van der Waals surface area contributed by atoms with Gasteiger partial charge in [0.2, 0.25) is 5.91 Å². The molecule has 0 saturated heterocycles. The number of amides is 1. The maximum absolute atomic E-state index is 12.4. The van der Waals surface area contributed by atoms with Crippen LogP contribution >= 0.6 is 0 Å². The maximum Gasteiger partial charge on any atom is 0.224 e. The molecule has 150 valence electrons. The van der Waals surface area contributed by atoms with Crippen LogP contribution in [-0.2, 0) is 4.79 Å². The topological polar surface area (TPSA) is 51.2 Å². The summed E-state index contributed by atoms with van der Waals surface area (Å²) in [7, 11) is 0. The molecule has 29 heavy (non-hydrogen) atoms. The highest BCUT2D eigenvalue weighted by atomic mass is 16.5. The summed E-state index contributed by atoms with van der Waals surface area (Å²) in [6.07, 6.45) is 5.66. The van der Waals surface area contributed by atoms with Gasteiger partial charge in [0.1, 0.15) is 5.75 Å². The Bertz CT molecular complexity index is 968. The van der Waals surface area contributed by atoms with E-state index in [-0.39, 0.29) is 5.91 Å². The fourth-order valence-corrected chi connectivity index (χ4v) is 3.13. The number of unbranched alkanes of at least 4 members (excludes halogenated alkanes) is 1. The lowest BCUT2D eigenvalue weighted by Gasteiger charge is -2.12. The van der Waals surface area contributed by atoms with Crippen molar-refractivity contribution in [1.82, 2.24) is 4.98 Å². The van der Waals surface area contributed by atoms with Crippen molar-refractivity contribution in [2.45, 2.75) is 40.0 Å². The molecule has 0 atom stereocenters. The predicted octanol–water partition coefficient (Wildman–Crippen LogP) is 5.86. The van der Waals surface area contributed by atoms with Crippen LogP contribution < -0.4 is 10.1 Å². The van der Waals surface area contributed by atoms with Crippen molar-refractivity contribution >= 4 is 11.6 Å². The Kier molecular flexibility index (Phi) is 7.01. The zero-order valence-electron chi connectivity index (χ0n) is 17.4. The minimum atomic E-state index is 0.0340. The van der Waals surface area contributed by atoms with E-state index in [9.17, 15) is 4.79 Å². The van der Waals surface area contributed by atoms with Gasteiger partial charge < -0.3 is 10.1 Å². The smallest absolute Gasteiger partial charge is 0.224 e. The fourth-order valence-electron chi connectivity index (χ4n) is 3.13. The van der Waals surface area contributed by atoms with E-state index in [1.165, 1.54) is 5.56 Å². The second-order valence-corrected chi connectivity index (χ2v) is 7.39. The Morgan fingerprint density at radius 3 is 2.45 bits per heavy atom. The highest BCUT2D eigenvalue weighted by Gasteiger charge is 2.07. The second-order valence-electron chi connectivity index (χ2n) is 7.39. The first-order chi connectivity index (χ1) is 14.0. The van der Waals surface area contributed by atoms with E-state index < -0.39 is 0 Å². The number of hydrogen-bond acceptors (Lipinski definition) is 3. The van der Waals surface area contributed by atoms with Crippen LogP contribution in [0.4, 0.5) is 5.69 Å². The summed E-state index contributed by atoms with van der Waals surface area (Å²) in [5.74, 6) is 0.963. The maximum atomic E-state index is 12.4. The van der Waals surface area contributed by atoms with E-state index in [2.05, 4.69) is 41.5 Å². The van der Waals surface area contributed by atoms with Crippen LogP contribution in [0.1, 0.15) is 36.0 Å². The number of nitrogens with one attached hydrogen (secondary N) is 1. The summed E-state index contributed by atoms with van der Waals surface area (Å²) in [6, 6.07) is 16.2. The van der Waals surface area contributed by atoms with Crippen LogP contribution in [0.3, 0.4) is 0 Å². The van der Waals surface area contributed by atoms with E-state index >= 15 is 0 Å². The van der Waals surface area contributed by atoms with Gasteiger partial charge in [-0.25, -0.2) is 0 Å². The van der Waals surface area contributed by atoms with E-state index in [4.69, 9.17) is 4.74 Å². The summed E-state index contributed by atoms with van der Waals surface area (Å²) < 4.78 is 5.86. The summed E-state index contributed by atoms with van der Waals surface area (Å²) in [6.45, 7) is 6.73. The SMILES string of the molecule is Cc1ccc(C)c(OCCCCC(=O)Nc2cc(-c3ccncc3)ccc2C)c1. The molecule has 2 aromatic carbocycles. The molecule has 0 saturated carbocycles. The van der Waals surface area contributed by atoms with Crippen LogP contribution in [0.25, 0.3) is 11.1 Å². The predicted molar refractivity (Wildman–Crippen MR) is 118 cm³/mol. The summed E-state index contributed by atoms with van der Waals surface area (Å²) in [5, 5.41) is 3.05. The number of hydrogen-bond donors (Lipinski definition) is 1. The minimum absolute atomic E-state index is 0.0340. The first-order valence-electron chi connectivity index (χ1n) is 10.0. The average Bonchev–Trinajstić information content (AvgIpc) is 2.72. The van der Waals surface area contributed by atoms with Crippen LogP contribution in [0, 0.1) is 20.8 Å². The molecule has 1 amide bonds. The molecule has 0 unspecified atom stereocenters. The number of aromatic nitrogens is 1. The monoisotopic (exact) mass is 388 g/mol. The number of aryl methyl sites for hydroxylation is 3. The number of rotatable bonds is 8. The Hall–Kier alpha value is -3.14.